The molecule has 0 aromatic heterocycles. The molecule has 2 aromatic rings. The fraction of sp³-hybridized carbons (Fsp3) is 0.429. The molecule has 0 spiro atoms. The number of nitrogens with zero attached hydrogens (tertiary/aromatic N) is 1. The third-order valence-electron chi connectivity index (χ3n) is 4.32. The molecule has 4 heteroatoms. The lowest BCUT2D eigenvalue weighted by Crippen LogP contribution is -3.00. The maximum Gasteiger partial charge on any atom is 0.130 e. The van der Waals surface area contributed by atoms with Gasteiger partial charge in [-0.2, -0.15) is 0 Å². The van der Waals surface area contributed by atoms with Crippen LogP contribution in [0, 0.1) is 0 Å². The minimum absolute atomic E-state index is 0. The number of halogens is 1. The highest BCUT2D eigenvalue weighted by atomic mass is 127. The molecule has 0 radical (unpaired) electrons. The molecule has 136 valence electrons. The van der Waals surface area contributed by atoms with Gasteiger partial charge in [0.2, 0.25) is 0 Å². The molecule has 2 atom stereocenters. The third kappa shape index (κ3) is 6.37. The molecule has 0 N–H and O–H groups in total. The summed E-state index contributed by atoms with van der Waals surface area (Å²) in [6.45, 7) is 2.29. The van der Waals surface area contributed by atoms with Crippen LogP contribution >= 0.6 is 0 Å². The van der Waals surface area contributed by atoms with Crippen LogP contribution in [0.25, 0.3) is 0 Å². The van der Waals surface area contributed by atoms with Gasteiger partial charge in [0.1, 0.15) is 18.8 Å². The van der Waals surface area contributed by atoms with Crippen molar-refractivity contribution in [3.05, 3.63) is 71.3 Å². The van der Waals surface area contributed by atoms with Crippen LogP contribution in [-0.4, -0.2) is 51.5 Å². The van der Waals surface area contributed by atoms with Gasteiger partial charge in [-0.3, -0.25) is 0 Å². The molecule has 3 rings (SSSR count). The highest BCUT2D eigenvalue weighted by molar-refractivity contribution is 5.29. The summed E-state index contributed by atoms with van der Waals surface area (Å²) in [6, 6.07) is 19.3. The van der Waals surface area contributed by atoms with Gasteiger partial charge in [0.25, 0.3) is 0 Å². The maximum atomic E-state index is 6.05. The van der Waals surface area contributed by atoms with Gasteiger partial charge >= 0.3 is 0 Å². The number of hydrogen-bond donors (Lipinski definition) is 0. The van der Waals surface area contributed by atoms with Gasteiger partial charge in [-0.05, 0) is 23.1 Å². The second-order valence-corrected chi connectivity index (χ2v) is 7.65. The van der Waals surface area contributed by atoms with Crippen molar-refractivity contribution in [1.29, 1.82) is 0 Å². The molecule has 0 aliphatic carbocycles. The Morgan fingerprint density at radius 1 is 0.840 bits per heavy atom. The smallest absolute Gasteiger partial charge is 0.130 e. The summed E-state index contributed by atoms with van der Waals surface area (Å²) in [5.41, 5.74) is 3.87. The summed E-state index contributed by atoms with van der Waals surface area (Å²) in [7, 11) is 6.54. The van der Waals surface area contributed by atoms with Crippen LogP contribution in [-0.2, 0) is 15.9 Å². The van der Waals surface area contributed by atoms with Gasteiger partial charge < -0.3 is 37.9 Å². The van der Waals surface area contributed by atoms with E-state index < -0.39 is 0 Å². The lowest BCUT2D eigenvalue weighted by Gasteiger charge is -2.34. The topological polar surface area (TPSA) is 18.5 Å². The molecule has 1 aliphatic rings. The first kappa shape index (κ1) is 20.4. The Morgan fingerprint density at radius 3 is 2.04 bits per heavy atom. The first-order chi connectivity index (χ1) is 11.5. The first-order valence-corrected chi connectivity index (χ1v) is 8.66. The fourth-order valence-corrected chi connectivity index (χ4v) is 3.13. The second-order valence-electron chi connectivity index (χ2n) is 7.65. The van der Waals surface area contributed by atoms with Gasteiger partial charge in [-0.15, -0.1) is 0 Å². The number of hydrogen-bond acceptors (Lipinski definition) is 2. The van der Waals surface area contributed by atoms with E-state index in [1.807, 2.05) is 0 Å². The van der Waals surface area contributed by atoms with E-state index in [0.717, 1.165) is 17.4 Å². The molecule has 2 aromatic carbocycles. The monoisotopic (exact) mass is 453 g/mol. The minimum Gasteiger partial charge on any atom is -1.00 e. The zero-order chi connectivity index (χ0) is 17.0. The Morgan fingerprint density at radius 2 is 1.48 bits per heavy atom. The van der Waals surface area contributed by atoms with Gasteiger partial charge in [0, 0.05) is 0 Å². The van der Waals surface area contributed by atoms with Crippen LogP contribution < -0.4 is 24.0 Å². The van der Waals surface area contributed by atoms with Crippen molar-refractivity contribution in [1.82, 2.24) is 0 Å². The van der Waals surface area contributed by atoms with Crippen LogP contribution in [0.1, 0.15) is 22.8 Å². The number of likely N-dealkylation sites (N-methyl/N-ethyl adjacent to an activating group) is 1. The molecule has 1 saturated heterocycles. The summed E-state index contributed by atoms with van der Waals surface area (Å²) < 4.78 is 12.9. The average Bonchev–Trinajstić information content (AvgIpc) is 2.56. The summed E-state index contributed by atoms with van der Waals surface area (Å²) in [5.74, 6) is 0. The van der Waals surface area contributed by atoms with E-state index in [0.29, 0.717) is 13.2 Å². The van der Waals surface area contributed by atoms with Crippen LogP contribution in [0.15, 0.2) is 54.6 Å². The normalized spacial score (nSPS) is 20.8. The van der Waals surface area contributed by atoms with Crippen molar-refractivity contribution in [3.8, 4) is 0 Å². The predicted molar refractivity (Wildman–Crippen MR) is 97.0 cm³/mol. The Kier molecular flexibility index (Phi) is 7.43. The van der Waals surface area contributed by atoms with Crippen LogP contribution in [0.4, 0.5) is 0 Å². The lowest BCUT2D eigenvalue weighted by atomic mass is 10.0. The molecule has 3 nitrogen and oxygen atoms in total. The average molecular weight is 453 g/mol. The second kappa shape index (κ2) is 9.12. The highest BCUT2D eigenvalue weighted by Crippen LogP contribution is 2.24. The van der Waals surface area contributed by atoms with Crippen LogP contribution in [0.5, 0.6) is 0 Å². The summed E-state index contributed by atoms with van der Waals surface area (Å²) >= 11 is 0. The maximum absolute atomic E-state index is 6.05. The van der Waals surface area contributed by atoms with Crippen molar-refractivity contribution in [2.75, 3.05) is 40.9 Å². The molecule has 0 unspecified atom stereocenters. The lowest BCUT2D eigenvalue weighted by molar-refractivity contribution is -0.874. The Bertz CT molecular complexity index is 629. The largest absolute Gasteiger partial charge is 1.00 e. The van der Waals surface area contributed by atoms with Crippen molar-refractivity contribution in [2.45, 2.75) is 18.6 Å². The summed E-state index contributed by atoms with van der Waals surface area (Å²) in [4.78, 5) is 0. The molecule has 25 heavy (non-hydrogen) atoms. The van der Waals surface area contributed by atoms with E-state index >= 15 is 0 Å². The van der Waals surface area contributed by atoms with E-state index in [1.54, 1.807) is 0 Å². The van der Waals surface area contributed by atoms with Crippen molar-refractivity contribution >= 4 is 0 Å². The van der Waals surface area contributed by atoms with Crippen LogP contribution in [0.3, 0.4) is 0 Å². The standard InChI is InChI=1S/C21H28NO2.HI/c1-22(2,3)14-20-15-24-21(16-23-20)19-11-9-18(10-12-19)13-17-7-5-4-6-8-17;/h4-12,20-21H,13-16H2,1-3H3;1H/q+1;/p-1/t20-,21+;/m1./s1. The van der Waals surface area contributed by atoms with Crippen molar-refractivity contribution < 1.29 is 37.9 Å². The number of quaternary nitrogens is 1. The van der Waals surface area contributed by atoms with Crippen molar-refractivity contribution in [2.24, 2.45) is 0 Å². The molecular formula is C21H28INO2. The van der Waals surface area contributed by atoms with E-state index in [4.69, 9.17) is 9.47 Å². The number of ether oxygens (including phenoxy) is 2. The Balaban J connectivity index is 0.00000225. The molecule has 1 fully saturated rings. The van der Waals surface area contributed by atoms with E-state index in [1.165, 1.54) is 16.7 Å². The van der Waals surface area contributed by atoms with E-state index in [-0.39, 0.29) is 36.2 Å². The molecular weight excluding hydrogens is 425 g/mol. The third-order valence-corrected chi connectivity index (χ3v) is 4.32. The SMILES string of the molecule is C[N+](C)(C)C[C@@H]1CO[C@H](c2ccc(Cc3ccccc3)cc2)CO1.[I-]. The van der Waals surface area contributed by atoms with E-state index in [2.05, 4.69) is 75.7 Å². The first-order valence-electron chi connectivity index (χ1n) is 8.66. The minimum atomic E-state index is 0. The summed E-state index contributed by atoms with van der Waals surface area (Å²) in [6.07, 6.45) is 1.22. The van der Waals surface area contributed by atoms with Gasteiger partial charge in [0.15, 0.2) is 0 Å². The molecule has 1 heterocycles. The molecule has 1 aliphatic heterocycles. The Hall–Kier alpha value is -0.950. The quantitative estimate of drug-likeness (QED) is 0.484. The molecule has 0 bridgehead atoms. The zero-order valence-corrected chi connectivity index (χ0v) is 17.5. The Labute approximate surface area is 168 Å². The van der Waals surface area contributed by atoms with Crippen LogP contribution in [0.2, 0.25) is 0 Å². The van der Waals surface area contributed by atoms with E-state index in [9.17, 15) is 0 Å². The zero-order valence-electron chi connectivity index (χ0n) is 15.3. The van der Waals surface area contributed by atoms with Crippen molar-refractivity contribution in [3.63, 3.8) is 0 Å². The molecule has 0 saturated carbocycles. The molecule has 0 amide bonds. The highest BCUT2D eigenvalue weighted by Gasteiger charge is 2.27. The summed E-state index contributed by atoms with van der Waals surface area (Å²) in [5, 5.41) is 0. The van der Waals surface area contributed by atoms with Gasteiger partial charge in [-0.25, -0.2) is 0 Å². The number of benzene rings is 2. The van der Waals surface area contributed by atoms with Gasteiger partial charge in [0.05, 0.1) is 34.4 Å². The predicted octanol–water partition coefficient (Wildman–Crippen LogP) is 0.444. The number of rotatable bonds is 5. The fourth-order valence-electron chi connectivity index (χ4n) is 3.13. The van der Waals surface area contributed by atoms with Gasteiger partial charge in [-0.1, -0.05) is 54.6 Å².